The maximum Gasteiger partial charge on any atom is 0.161 e. The molecule has 0 aliphatic rings. The van der Waals surface area contributed by atoms with Gasteiger partial charge in [-0.15, -0.1) is 0 Å². The summed E-state index contributed by atoms with van der Waals surface area (Å²) in [5.41, 5.74) is 0.950. The van der Waals surface area contributed by atoms with Crippen LogP contribution in [-0.2, 0) is 0 Å². The SMILES string of the molecule is CCCNc1nc(-c2ccc(Cl)cc2)ncc1Br. The van der Waals surface area contributed by atoms with E-state index >= 15 is 0 Å². The van der Waals surface area contributed by atoms with Gasteiger partial charge in [0.2, 0.25) is 0 Å². The molecule has 2 aromatic rings. The summed E-state index contributed by atoms with van der Waals surface area (Å²) in [6, 6.07) is 7.49. The van der Waals surface area contributed by atoms with Gasteiger partial charge in [-0.1, -0.05) is 18.5 Å². The fourth-order valence-corrected chi connectivity index (χ4v) is 1.93. The molecule has 0 radical (unpaired) electrons. The van der Waals surface area contributed by atoms with Crippen LogP contribution in [0.15, 0.2) is 34.9 Å². The minimum absolute atomic E-state index is 0.688. The third-order valence-corrected chi connectivity index (χ3v) is 3.22. The van der Waals surface area contributed by atoms with Gasteiger partial charge in [0.1, 0.15) is 5.82 Å². The molecule has 1 aromatic carbocycles. The summed E-state index contributed by atoms with van der Waals surface area (Å²) < 4.78 is 0.869. The van der Waals surface area contributed by atoms with Crippen molar-refractivity contribution in [1.82, 2.24) is 9.97 Å². The molecule has 2 rings (SSSR count). The fraction of sp³-hybridized carbons (Fsp3) is 0.231. The highest BCUT2D eigenvalue weighted by Crippen LogP contribution is 2.24. The molecule has 0 aliphatic carbocycles. The topological polar surface area (TPSA) is 37.8 Å². The number of rotatable bonds is 4. The molecule has 94 valence electrons. The van der Waals surface area contributed by atoms with Gasteiger partial charge in [0.05, 0.1) is 4.47 Å². The summed E-state index contributed by atoms with van der Waals surface area (Å²) in [6.45, 7) is 3.00. The molecule has 3 nitrogen and oxygen atoms in total. The first-order valence-corrected chi connectivity index (χ1v) is 6.90. The molecule has 5 heteroatoms. The molecule has 0 atom stereocenters. The third kappa shape index (κ3) is 3.21. The zero-order chi connectivity index (χ0) is 13.0. The first kappa shape index (κ1) is 13.3. The molecule has 0 saturated carbocycles. The molecule has 0 amide bonds. The Labute approximate surface area is 120 Å². The van der Waals surface area contributed by atoms with Crippen LogP contribution >= 0.6 is 27.5 Å². The van der Waals surface area contributed by atoms with Crippen LogP contribution < -0.4 is 5.32 Å². The normalized spacial score (nSPS) is 10.4. The van der Waals surface area contributed by atoms with Crippen LogP contribution in [0.2, 0.25) is 5.02 Å². The van der Waals surface area contributed by atoms with Gasteiger partial charge in [-0.05, 0) is 46.6 Å². The molecule has 0 unspecified atom stereocenters. The van der Waals surface area contributed by atoms with E-state index in [2.05, 4.69) is 38.1 Å². The van der Waals surface area contributed by atoms with Crippen LogP contribution in [0.5, 0.6) is 0 Å². The van der Waals surface area contributed by atoms with Crippen molar-refractivity contribution in [3.63, 3.8) is 0 Å². The number of hydrogen-bond donors (Lipinski definition) is 1. The number of nitrogens with one attached hydrogen (secondary N) is 1. The van der Waals surface area contributed by atoms with Crippen molar-refractivity contribution in [3.05, 3.63) is 40.0 Å². The van der Waals surface area contributed by atoms with Gasteiger partial charge in [0.15, 0.2) is 5.82 Å². The first-order valence-electron chi connectivity index (χ1n) is 5.73. The molecule has 0 saturated heterocycles. The van der Waals surface area contributed by atoms with E-state index in [1.54, 1.807) is 6.20 Å². The molecule has 1 heterocycles. The maximum absolute atomic E-state index is 5.86. The minimum Gasteiger partial charge on any atom is -0.369 e. The Morgan fingerprint density at radius 1 is 1.28 bits per heavy atom. The van der Waals surface area contributed by atoms with Gasteiger partial charge >= 0.3 is 0 Å². The zero-order valence-corrected chi connectivity index (χ0v) is 12.3. The Morgan fingerprint density at radius 2 is 2.00 bits per heavy atom. The molecule has 0 fully saturated rings. The molecule has 0 aliphatic heterocycles. The quantitative estimate of drug-likeness (QED) is 0.906. The lowest BCUT2D eigenvalue weighted by molar-refractivity contribution is 0.963. The third-order valence-electron chi connectivity index (χ3n) is 2.39. The molecule has 1 N–H and O–H groups in total. The van der Waals surface area contributed by atoms with Gasteiger partial charge in [0, 0.05) is 23.3 Å². The summed E-state index contributed by atoms with van der Waals surface area (Å²) in [4.78, 5) is 8.80. The van der Waals surface area contributed by atoms with Crippen molar-refractivity contribution in [3.8, 4) is 11.4 Å². The first-order chi connectivity index (χ1) is 8.70. The lowest BCUT2D eigenvalue weighted by Crippen LogP contribution is -2.04. The van der Waals surface area contributed by atoms with E-state index in [9.17, 15) is 0 Å². The van der Waals surface area contributed by atoms with Crippen LogP contribution in [0, 0.1) is 0 Å². The second-order valence-corrected chi connectivity index (χ2v) is 5.11. The zero-order valence-electron chi connectivity index (χ0n) is 9.95. The van der Waals surface area contributed by atoms with Crippen molar-refractivity contribution < 1.29 is 0 Å². The number of halogens is 2. The van der Waals surface area contributed by atoms with Gasteiger partial charge in [-0.25, -0.2) is 9.97 Å². The van der Waals surface area contributed by atoms with Crippen LogP contribution in [0.1, 0.15) is 13.3 Å². The molecular formula is C13H13BrClN3. The van der Waals surface area contributed by atoms with Crippen molar-refractivity contribution in [2.24, 2.45) is 0 Å². The van der Waals surface area contributed by atoms with Crippen molar-refractivity contribution in [1.29, 1.82) is 0 Å². The molecular weight excluding hydrogens is 314 g/mol. The summed E-state index contributed by atoms with van der Waals surface area (Å²) in [6.07, 6.45) is 2.81. The van der Waals surface area contributed by atoms with Crippen molar-refractivity contribution >= 4 is 33.3 Å². The number of aromatic nitrogens is 2. The Bertz CT molecular complexity index is 528. The highest BCUT2D eigenvalue weighted by atomic mass is 79.9. The number of hydrogen-bond acceptors (Lipinski definition) is 3. The highest BCUT2D eigenvalue weighted by molar-refractivity contribution is 9.10. The summed E-state index contributed by atoms with van der Waals surface area (Å²) in [5.74, 6) is 1.50. The van der Waals surface area contributed by atoms with E-state index in [0.29, 0.717) is 10.8 Å². The smallest absolute Gasteiger partial charge is 0.161 e. The largest absolute Gasteiger partial charge is 0.369 e. The predicted molar refractivity (Wildman–Crippen MR) is 79.0 cm³/mol. The van der Waals surface area contributed by atoms with Crippen LogP contribution in [0.4, 0.5) is 5.82 Å². The molecule has 0 spiro atoms. The van der Waals surface area contributed by atoms with E-state index in [1.807, 2.05) is 24.3 Å². The van der Waals surface area contributed by atoms with E-state index in [-0.39, 0.29) is 0 Å². The minimum atomic E-state index is 0.688. The monoisotopic (exact) mass is 325 g/mol. The highest BCUT2D eigenvalue weighted by Gasteiger charge is 2.06. The molecule has 0 bridgehead atoms. The van der Waals surface area contributed by atoms with E-state index in [4.69, 9.17) is 11.6 Å². The number of anilines is 1. The van der Waals surface area contributed by atoms with Gasteiger partial charge in [-0.2, -0.15) is 0 Å². The Balaban J connectivity index is 2.31. The predicted octanol–water partition coefficient (Wildman–Crippen LogP) is 4.38. The van der Waals surface area contributed by atoms with Crippen LogP contribution in [-0.4, -0.2) is 16.5 Å². The summed E-state index contributed by atoms with van der Waals surface area (Å²) in [5, 5.41) is 3.97. The van der Waals surface area contributed by atoms with E-state index < -0.39 is 0 Å². The molecule has 18 heavy (non-hydrogen) atoms. The van der Waals surface area contributed by atoms with Gasteiger partial charge in [-0.3, -0.25) is 0 Å². The Hall–Kier alpha value is -1.13. The van der Waals surface area contributed by atoms with E-state index in [0.717, 1.165) is 28.8 Å². The maximum atomic E-state index is 5.86. The summed E-state index contributed by atoms with van der Waals surface area (Å²) in [7, 11) is 0. The average molecular weight is 327 g/mol. The fourth-order valence-electron chi connectivity index (χ4n) is 1.47. The van der Waals surface area contributed by atoms with Crippen molar-refractivity contribution in [2.45, 2.75) is 13.3 Å². The Kier molecular flexibility index (Phi) is 4.55. The standard InChI is InChI=1S/C13H13BrClN3/c1-2-7-16-13-11(14)8-17-12(18-13)9-3-5-10(15)6-4-9/h3-6,8H,2,7H2,1H3,(H,16,17,18). The van der Waals surface area contributed by atoms with Crippen LogP contribution in [0.25, 0.3) is 11.4 Å². The lowest BCUT2D eigenvalue weighted by atomic mass is 10.2. The second kappa shape index (κ2) is 6.16. The number of nitrogens with zero attached hydrogens (tertiary/aromatic N) is 2. The summed E-state index contributed by atoms with van der Waals surface area (Å²) >= 11 is 9.30. The number of benzene rings is 1. The van der Waals surface area contributed by atoms with Crippen LogP contribution in [0.3, 0.4) is 0 Å². The Morgan fingerprint density at radius 3 is 2.67 bits per heavy atom. The second-order valence-electron chi connectivity index (χ2n) is 3.82. The van der Waals surface area contributed by atoms with Gasteiger partial charge in [0.25, 0.3) is 0 Å². The average Bonchev–Trinajstić information content (AvgIpc) is 2.39. The lowest BCUT2D eigenvalue weighted by Gasteiger charge is -2.08. The van der Waals surface area contributed by atoms with Gasteiger partial charge < -0.3 is 5.32 Å². The van der Waals surface area contributed by atoms with E-state index in [1.165, 1.54) is 0 Å². The molecule has 1 aromatic heterocycles. The van der Waals surface area contributed by atoms with Crippen molar-refractivity contribution in [2.75, 3.05) is 11.9 Å².